The maximum Gasteiger partial charge on any atom is 1.00 e. The van der Waals surface area contributed by atoms with Gasteiger partial charge in [-0.3, -0.25) is 0 Å². The Balaban J connectivity index is 0. The quantitative estimate of drug-likeness (QED) is 0.176. The van der Waals surface area contributed by atoms with Gasteiger partial charge in [0.05, 0.1) is 0 Å². The van der Waals surface area contributed by atoms with Crippen LogP contribution >= 0.6 is 0 Å². The first kappa shape index (κ1) is 8.93. The second-order valence-corrected chi connectivity index (χ2v) is 0.381. The summed E-state index contributed by atoms with van der Waals surface area (Å²) in [6.45, 7) is 0.236. The van der Waals surface area contributed by atoms with E-state index in [9.17, 15) is 0 Å². The van der Waals surface area contributed by atoms with E-state index < -0.39 is 0 Å². The van der Waals surface area contributed by atoms with E-state index in [1.807, 2.05) is 5.92 Å². The fourth-order valence-corrected chi connectivity index (χ4v) is 0. The minimum Gasteiger partial charge on any atom is -0.692 e. The summed E-state index contributed by atoms with van der Waals surface area (Å²) in [4.78, 5) is 0. The molecule has 0 aliphatic rings. The molecule has 0 aromatic rings. The third-order valence-corrected chi connectivity index (χ3v) is 0.102. The topological polar surface area (TPSA) is 26.0 Å². The van der Waals surface area contributed by atoms with E-state index in [0.29, 0.717) is 0 Å². The van der Waals surface area contributed by atoms with Crippen LogP contribution < -0.4 is 24.6 Å². The van der Waals surface area contributed by atoms with Crippen LogP contribution in [0.5, 0.6) is 0 Å². The SMILES string of the molecule is [C-]#CCN.[Li+]. The predicted molar refractivity (Wildman–Crippen MR) is 16.2 cm³/mol. The molecule has 0 aromatic carbocycles. The van der Waals surface area contributed by atoms with Crippen molar-refractivity contribution in [1.29, 1.82) is 0 Å². The van der Waals surface area contributed by atoms with Gasteiger partial charge in [-0.25, -0.2) is 0 Å². The molecule has 0 atom stereocenters. The Morgan fingerprint density at radius 1 is 1.80 bits per heavy atom. The molecule has 1 nitrogen and oxygen atoms in total. The van der Waals surface area contributed by atoms with Gasteiger partial charge >= 0.3 is 18.9 Å². The molecule has 0 saturated heterocycles. The molecule has 5 heavy (non-hydrogen) atoms. The van der Waals surface area contributed by atoms with Gasteiger partial charge < -0.3 is 18.1 Å². The zero-order valence-electron chi connectivity index (χ0n) is 3.28. The van der Waals surface area contributed by atoms with Crippen molar-refractivity contribution in [3.05, 3.63) is 6.42 Å². The average Bonchev–Trinajstić information content (AvgIpc) is 1.37. The summed E-state index contributed by atoms with van der Waals surface area (Å²) in [5.41, 5.74) is 4.73. The van der Waals surface area contributed by atoms with Gasteiger partial charge in [-0.05, 0) is 0 Å². The molecule has 0 saturated carbocycles. The molecule has 22 valence electrons. The van der Waals surface area contributed by atoms with Crippen molar-refractivity contribution < 1.29 is 18.9 Å². The summed E-state index contributed by atoms with van der Waals surface area (Å²) in [5.74, 6) is 1.96. The first-order valence-electron chi connectivity index (χ1n) is 1.01. The Labute approximate surface area is 44.1 Å². The molecule has 0 rings (SSSR count). The number of nitrogens with two attached hydrogens (primary N) is 1. The van der Waals surface area contributed by atoms with Crippen molar-refractivity contribution in [2.45, 2.75) is 0 Å². The van der Waals surface area contributed by atoms with Crippen LogP contribution in [0.15, 0.2) is 0 Å². The number of rotatable bonds is 0. The van der Waals surface area contributed by atoms with Crippen LogP contribution in [0.4, 0.5) is 0 Å². The second kappa shape index (κ2) is 8.92. The minimum absolute atomic E-state index is 0. The van der Waals surface area contributed by atoms with Gasteiger partial charge in [0.1, 0.15) is 0 Å². The summed E-state index contributed by atoms with van der Waals surface area (Å²) < 4.78 is 0. The fraction of sp³-hybridized carbons (Fsp3) is 0.333. The molecule has 0 fully saturated rings. The van der Waals surface area contributed by atoms with E-state index in [0.717, 1.165) is 0 Å². The molecule has 0 aliphatic carbocycles. The Morgan fingerprint density at radius 2 is 2.00 bits per heavy atom. The Bertz CT molecular complexity index is 36.6. The average molecular weight is 61.0 g/mol. The van der Waals surface area contributed by atoms with Crippen molar-refractivity contribution in [1.82, 2.24) is 0 Å². The monoisotopic (exact) mass is 61.1 g/mol. The molecular formula is C3H4LiN. The Hall–Kier alpha value is 0.117. The first-order valence-corrected chi connectivity index (χ1v) is 1.01. The van der Waals surface area contributed by atoms with Crippen molar-refractivity contribution in [2.24, 2.45) is 5.73 Å². The van der Waals surface area contributed by atoms with E-state index in [2.05, 4.69) is 0 Å². The minimum atomic E-state index is 0. The third kappa shape index (κ3) is 14.8. The molecule has 0 radical (unpaired) electrons. The predicted octanol–water partition coefficient (Wildman–Crippen LogP) is -3.46. The van der Waals surface area contributed by atoms with Gasteiger partial charge in [0.2, 0.25) is 0 Å². The van der Waals surface area contributed by atoms with Gasteiger partial charge in [-0.1, -0.05) is 0 Å². The molecule has 0 aromatic heterocycles. The summed E-state index contributed by atoms with van der Waals surface area (Å²) in [6, 6.07) is 0. The molecule has 0 heterocycles. The third-order valence-electron chi connectivity index (χ3n) is 0.102. The Morgan fingerprint density at radius 3 is 2.00 bits per heavy atom. The number of hydrogen-bond donors (Lipinski definition) is 1. The van der Waals surface area contributed by atoms with Crippen molar-refractivity contribution in [3.63, 3.8) is 0 Å². The molecule has 0 unspecified atom stereocenters. The smallest absolute Gasteiger partial charge is 0.692 e. The summed E-state index contributed by atoms with van der Waals surface area (Å²) >= 11 is 0. The number of hydrogen-bond acceptors (Lipinski definition) is 1. The van der Waals surface area contributed by atoms with Crippen molar-refractivity contribution in [2.75, 3.05) is 6.54 Å². The largest absolute Gasteiger partial charge is 1.00 e. The van der Waals surface area contributed by atoms with E-state index >= 15 is 0 Å². The maximum absolute atomic E-state index is 6.08. The summed E-state index contributed by atoms with van der Waals surface area (Å²) in [7, 11) is 0. The fourth-order valence-electron chi connectivity index (χ4n) is 0. The van der Waals surface area contributed by atoms with Gasteiger partial charge in [0.25, 0.3) is 0 Å². The zero-order valence-corrected chi connectivity index (χ0v) is 3.28. The van der Waals surface area contributed by atoms with Crippen LogP contribution in [0.25, 0.3) is 0 Å². The van der Waals surface area contributed by atoms with Gasteiger partial charge in [0, 0.05) is 6.54 Å². The van der Waals surface area contributed by atoms with Gasteiger partial charge in [-0.15, -0.1) is 0 Å². The molecule has 0 bridgehead atoms. The van der Waals surface area contributed by atoms with E-state index in [-0.39, 0.29) is 25.4 Å². The van der Waals surface area contributed by atoms with Crippen LogP contribution in [0, 0.1) is 12.3 Å². The normalized spacial score (nSPS) is 4.00. The Kier molecular flexibility index (Phi) is 15.9. The maximum atomic E-state index is 6.08. The molecule has 0 amide bonds. The molecule has 2 heteroatoms. The second-order valence-electron chi connectivity index (χ2n) is 0.381. The van der Waals surface area contributed by atoms with Crippen LogP contribution in [-0.2, 0) is 0 Å². The standard InChI is InChI=1S/C3H4N.Li/c1-2-3-4;/h3-4H2;/q-1;+1. The van der Waals surface area contributed by atoms with E-state index in [1.165, 1.54) is 0 Å². The van der Waals surface area contributed by atoms with Crippen molar-refractivity contribution in [3.8, 4) is 5.92 Å². The zero-order chi connectivity index (χ0) is 3.41. The molecule has 0 spiro atoms. The van der Waals surface area contributed by atoms with Crippen LogP contribution in [0.3, 0.4) is 0 Å². The summed E-state index contributed by atoms with van der Waals surface area (Å²) in [5, 5.41) is 0. The van der Waals surface area contributed by atoms with Gasteiger partial charge in [-0.2, -0.15) is 0 Å². The summed E-state index contributed by atoms with van der Waals surface area (Å²) in [6.07, 6.45) is 6.08. The van der Waals surface area contributed by atoms with Crippen LogP contribution in [0.1, 0.15) is 0 Å². The molecule has 2 N–H and O–H groups in total. The van der Waals surface area contributed by atoms with Crippen LogP contribution in [-0.4, -0.2) is 6.54 Å². The molecular weight excluding hydrogens is 57.0 g/mol. The van der Waals surface area contributed by atoms with Gasteiger partial charge in [0.15, 0.2) is 0 Å². The van der Waals surface area contributed by atoms with E-state index in [4.69, 9.17) is 12.2 Å². The first-order chi connectivity index (χ1) is 1.91. The molecule has 0 aliphatic heterocycles. The van der Waals surface area contributed by atoms with Crippen LogP contribution in [0.2, 0.25) is 0 Å². The van der Waals surface area contributed by atoms with E-state index in [1.54, 1.807) is 0 Å². The van der Waals surface area contributed by atoms with Crippen molar-refractivity contribution >= 4 is 0 Å².